The van der Waals surface area contributed by atoms with Crippen LogP contribution in [0, 0.1) is 5.82 Å². The minimum Gasteiger partial charge on any atom is -0.313 e. The summed E-state index contributed by atoms with van der Waals surface area (Å²) < 4.78 is 14.6. The Morgan fingerprint density at radius 1 is 1.44 bits per heavy atom. The quantitative estimate of drug-likeness (QED) is 0.767. The summed E-state index contributed by atoms with van der Waals surface area (Å²) in [6.45, 7) is 1.57. The van der Waals surface area contributed by atoms with Gasteiger partial charge in [0.15, 0.2) is 0 Å². The van der Waals surface area contributed by atoms with Gasteiger partial charge >= 0.3 is 0 Å². The van der Waals surface area contributed by atoms with Crippen molar-refractivity contribution < 1.29 is 4.39 Å². The third-order valence-electron chi connectivity index (χ3n) is 2.90. The molecule has 5 heteroatoms. The Labute approximate surface area is 90.7 Å². The van der Waals surface area contributed by atoms with Crippen molar-refractivity contribution in [1.29, 1.82) is 0 Å². The molecular formula is C11H10FN3O. The average molecular weight is 219 g/mol. The van der Waals surface area contributed by atoms with Crippen molar-refractivity contribution in [3.63, 3.8) is 0 Å². The van der Waals surface area contributed by atoms with Gasteiger partial charge in [0, 0.05) is 19.2 Å². The summed E-state index contributed by atoms with van der Waals surface area (Å²) in [4.78, 5) is 16.1. The Hall–Kier alpha value is -1.75. The molecule has 0 unspecified atom stereocenters. The van der Waals surface area contributed by atoms with Gasteiger partial charge in [0.25, 0.3) is 5.56 Å². The third kappa shape index (κ3) is 1.32. The molecule has 0 aliphatic carbocycles. The molecule has 0 radical (unpaired) electrons. The largest absolute Gasteiger partial charge is 0.313 e. The molecule has 1 aromatic carbocycles. The zero-order valence-electron chi connectivity index (χ0n) is 8.48. The first-order valence-electron chi connectivity index (χ1n) is 5.13. The minimum atomic E-state index is -0.373. The molecule has 0 bridgehead atoms. The Kier molecular flexibility index (Phi) is 2.00. The number of aromatic nitrogens is 2. The van der Waals surface area contributed by atoms with E-state index in [0.29, 0.717) is 10.9 Å². The fourth-order valence-corrected chi connectivity index (χ4v) is 1.84. The van der Waals surface area contributed by atoms with Crippen LogP contribution in [0.25, 0.3) is 10.9 Å². The molecule has 82 valence electrons. The van der Waals surface area contributed by atoms with Crippen molar-refractivity contribution in [3.8, 4) is 0 Å². The maximum Gasteiger partial charge on any atom is 0.261 e. The molecular weight excluding hydrogens is 209 g/mol. The topological polar surface area (TPSA) is 46.9 Å². The lowest BCUT2D eigenvalue weighted by Gasteiger charge is -2.28. The van der Waals surface area contributed by atoms with Gasteiger partial charge in [-0.3, -0.25) is 9.36 Å². The van der Waals surface area contributed by atoms with Gasteiger partial charge in [0.1, 0.15) is 5.82 Å². The first kappa shape index (κ1) is 9.47. The fraction of sp³-hybridized carbons (Fsp3) is 0.273. The third-order valence-corrected chi connectivity index (χ3v) is 2.90. The monoisotopic (exact) mass is 219 g/mol. The summed E-state index contributed by atoms with van der Waals surface area (Å²) in [5.74, 6) is -0.373. The second kappa shape index (κ2) is 3.38. The number of benzene rings is 1. The smallest absolute Gasteiger partial charge is 0.261 e. The van der Waals surface area contributed by atoms with Gasteiger partial charge in [-0.1, -0.05) is 0 Å². The van der Waals surface area contributed by atoms with E-state index in [1.807, 2.05) is 0 Å². The highest BCUT2D eigenvalue weighted by Gasteiger charge is 2.20. The van der Waals surface area contributed by atoms with Gasteiger partial charge < -0.3 is 5.32 Å². The van der Waals surface area contributed by atoms with E-state index in [2.05, 4.69) is 10.3 Å². The Morgan fingerprint density at radius 3 is 2.94 bits per heavy atom. The van der Waals surface area contributed by atoms with E-state index in [4.69, 9.17) is 0 Å². The van der Waals surface area contributed by atoms with Crippen LogP contribution in [0.1, 0.15) is 6.04 Å². The lowest BCUT2D eigenvalue weighted by Crippen LogP contribution is -2.46. The van der Waals surface area contributed by atoms with Crippen molar-refractivity contribution in [2.24, 2.45) is 0 Å². The summed E-state index contributed by atoms with van der Waals surface area (Å²) >= 11 is 0. The van der Waals surface area contributed by atoms with Gasteiger partial charge in [-0.15, -0.1) is 0 Å². The highest BCUT2D eigenvalue weighted by molar-refractivity contribution is 5.77. The molecule has 1 fully saturated rings. The number of hydrogen-bond donors (Lipinski definition) is 1. The molecule has 1 saturated heterocycles. The molecule has 1 aliphatic heterocycles. The number of rotatable bonds is 1. The molecule has 4 nitrogen and oxygen atoms in total. The van der Waals surface area contributed by atoms with Gasteiger partial charge in [-0.05, 0) is 12.1 Å². The van der Waals surface area contributed by atoms with Gasteiger partial charge in [-0.25, -0.2) is 9.37 Å². The van der Waals surface area contributed by atoms with Crippen LogP contribution in [0.3, 0.4) is 0 Å². The number of nitrogens with zero attached hydrogens (tertiary/aromatic N) is 2. The van der Waals surface area contributed by atoms with E-state index < -0.39 is 0 Å². The second-order valence-corrected chi connectivity index (χ2v) is 3.93. The lowest BCUT2D eigenvalue weighted by atomic mass is 10.1. The zero-order chi connectivity index (χ0) is 11.1. The van der Waals surface area contributed by atoms with Crippen LogP contribution in [0.5, 0.6) is 0 Å². The molecule has 3 rings (SSSR count). The summed E-state index contributed by atoms with van der Waals surface area (Å²) in [5.41, 5.74) is 0.310. The molecule has 1 N–H and O–H groups in total. The van der Waals surface area contributed by atoms with Gasteiger partial charge in [0.05, 0.1) is 23.3 Å². The minimum absolute atomic E-state index is 0.100. The molecule has 2 aromatic rings. The van der Waals surface area contributed by atoms with Crippen molar-refractivity contribution in [2.75, 3.05) is 13.1 Å². The van der Waals surface area contributed by atoms with Gasteiger partial charge in [-0.2, -0.15) is 0 Å². The van der Waals surface area contributed by atoms with Crippen LogP contribution in [0.2, 0.25) is 0 Å². The lowest BCUT2D eigenvalue weighted by molar-refractivity contribution is 0.334. The summed E-state index contributed by atoms with van der Waals surface area (Å²) in [7, 11) is 0. The Bertz CT molecular complexity index is 604. The van der Waals surface area contributed by atoms with Crippen molar-refractivity contribution in [3.05, 3.63) is 40.7 Å². The van der Waals surface area contributed by atoms with Crippen LogP contribution in [-0.2, 0) is 0 Å². The molecule has 0 saturated carbocycles. The standard InChI is InChI=1S/C11H10FN3O/c12-7-1-2-9-10(3-7)14-6-15(11(9)16)8-4-13-5-8/h1-3,6,8,13H,4-5H2. The number of halogens is 1. The summed E-state index contributed by atoms with van der Waals surface area (Å²) in [6.07, 6.45) is 1.50. The predicted molar refractivity (Wildman–Crippen MR) is 57.9 cm³/mol. The highest BCUT2D eigenvalue weighted by atomic mass is 19.1. The predicted octanol–water partition coefficient (Wildman–Crippen LogP) is 0.680. The molecule has 1 aliphatic rings. The van der Waals surface area contributed by atoms with Crippen molar-refractivity contribution in [2.45, 2.75) is 6.04 Å². The number of nitrogens with one attached hydrogen (secondary N) is 1. The zero-order valence-corrected chi connectivity index (χ0v) is 8.48. The normalized spacial score (nSPS) is 16.3. The summed E-state index contributed by atoms with van der Waals surface area (Å²) in [6, 6.07) is 4.23. The number of hydrogen-bond acceptors (Lipinski definition) is 3. The van der Waals surface area contributed by atoms with Crippen molar-refractivity contribution in [1.82, 2.24) is 14.9 Å². The molecule has 16 heavy (non-hydrogen) atoms. The molecule has 0 amide bonds. The molecule has 2 heterocycles. The van der Waals surface area contributed by atoms with Crippen LogP contribution in [-0.4, -0.2) is 22.6 Å². The average Bonchev–Trinajstić information content (AvgIpc) is 2.19. The van der Waals surface area contributed by atoms with Gasteiger partial charge in [0.2, 0.25) is 0 Å². The molecule has 0 spiro atoms. The van der Waals surface area contributed by atoms with Crippen LogP contribution >= 0.6 is 0 Å². The summed E-state index contributed by atoms with van der Waals surface area (Å²) in [5, 5.41) is 3.56. The van der Waals surface area contributed by atoms with E-state index >= 15 is 0 Å². The maximum atomic E-state index is 12.9. The molecule has 0 atom stereocenters. The number of fused-ring (bicyclic) bond motifs is 1. The van der Waals surface area contributed by atoms with Crippen LogP contribution in [0.4, 0.5) is 4.39 Å². The maximum absolute atomic E-state index is 12.9. The Balaban J connectivity index is 2.23. The van der Waals surface area contributed by atoms with E-state index in [-0.39, 0.29) is 17.4 Å². The first-order chi connectivity index (χ1) is 7.75. The van der Waals surface area contributed by atoms with E-state index in [9.17, 15) is 9.18 Å². The van der Waals surface area contributed by atoms with E-state index in [0.717, 1.165) is 13.1 Å². The fourth-order valence-electron chi connectivity index (χ4n) is 1.84. The first-order valence-corrected chi connectivity index (χ1v) is 5.13. The SMILES string of the molecule is O=c1c2ccc(F)cc2ncn1C1CNC1. The Morgan fingerprint density at radius 2 is 2.25 bits per heavy atom. The second-order valence-electron chi connectivity index (χ2n) is 3.93. The molecule has 1 aromatic heterocycles. The van der Waals surface area contributed by atoms with E-state index in [1.165, 1.54) is 24.5 Å². The van der Waals surface area contributed by atoms with Crippen LogP contribution in [0.15, 0.2) is 29.3 Å². The highest BCUT2D eigenvalue weighted by Crippen LogP contribution is 2.12. The van der Waals surface area contributed by atoms with Crippen LogP contribution < -0.4 is 10.9 Å². The van der Waals surface area contributed by atoms with Crippen molar-refractivity contribution >= 4 is 10.9 Å². The van der Waals surface area contributed by atoms with E-state index in [1.54, 1.807) is 4.57 Å².